The molecule has 0 saturated heterocycles. The maximum Gasteiger partial charge on any atom is 2.00 e. The van der Waals surface area contributed by atoms with Crippen molar-refractivity contribution in [1.29, 1.82) is 0 Å². The molecular formula is C48H33N3O4Pt. The summed E-state index contributed by atoms with van der Waals surface area (Å²) in [6.45, 7) is 10.6. The van der Waals surface area contributed by atoms with Crippen LogP contribution in [0.25, 0.3) is 43.7 Å². The summed E-state index contributed by atoms with van der Waals surface area (Å²) in [5.74, 6) is 0. The molecule has 0 saturated carbocycles. The number of rotatable bonds is 3. The maximum absolute atomic E-state index is 13.4. The van der Waals surface area contributed by atoms with Crippen molar-refractivity contribution in [2.24, 2.45) is 0 Å². The van der Waals surface area contributed by atoms with Crippen molar-refractivity contribution >= 4 is 60.8 Å². The Kier molecular flexibility index (Phi) is 8.22. The molecule has 5 heterocycles. The average molecular weight is 911 g/mol. The summed E-state index contributed by atoms with van der Waals surface area (Å²) in [6, 6.07) is 42.2. The second-order valence-corrected chi connectivity index (χ2v) is 14.7. The van der Waals surface area contributed by atoms with Crippen LogP contribution in [0.15, 0.2) is 128 Å². The molecule has 7 nitrogen and oxygen atoms in total. The largest absolute Gasteiger partial charge is 2.00 e. The molecule has 0 unspecified atom stereocenters. The Hall–Kier alpha value is -6.17. The normalized spacial score (nSPS) is 13.2. The number of hydrogen-bond donors (Lipinski definition) is 0. The number of benzene rings is 5. The van der Waals surface area contributed by atoms with E-state index >= 15 is 0 Å². The third-order valence-corrected chi connectivity index (χ3v) is 11.0. The molecule has 0 spiro atoms. The molecule has 0 atom stereocenters. The van der Waals surface area contributed by atoms with Gasteiger partial charge in [-0.25, -0.2) is 9.59 Å². The minimum absolute atomic E-state index is 0. The number of fused-ring (bicyclic) bond motifs is 8. The van der Waals surface area contributed by atoms with Gasteiger partial charge in [0.15, 0.2) is 0 Å². The first-order chi connectivity index (χ1) is 26.6. The third-order valence-electron chi connectivity index (χ3n) is 11.0. The molecule has 0 bridgehead atoms. The first-order valence-electron chi connectivity index (χ1n) is 18.2. The maximum atomic E-state index is 13.4. The average Bonchev–Trinajstić information content (AvgIpc) is 3.17. The Morgan fingerprint density at radius 3 is 1.50 bits per heavy atom. The van der Waals surface area contributed by atoms with Crippen LogP contribution in [0.2, 0.25) is 0 Å². The molecule has 274 valence electrons. The Balaban J connectivity index is 0.00000410. The van der Waals surface area contributed by atoms with Gasteiger partial charge < -0.3 is 13.7 Å². The third kappa shape index (κ3) is 5.07. The van der Waals surface area contributed by atoms with Gasteiger partial charge in [-0.3, -0.25) is 9.97 Å². The Morgan fingerprint density at radius 2 is 1.04 bits per heavy atom. The van der Waals surface area contributed by atoms with E-state index in [0.717, 1.165) is 50.4 Å². The SMILES string of the molecule is Cc1cc(C)c(N2c3ccc(C)cc3C(c3ccc4c(=O)oc5ccc[c-]c5c4n3)(c3ccc4c(=O)oc5ccc[c-]c5c4n3)c3cc(C)ccc32)c(C)c1.[Pt+2]. The van der Waals surface area contributed by atoms with E-state index < -0.39 is 16.7 Å². The fourth-order valence-corrected chi connectivity index (χ4v) is 8.75. The van der Waals surface area contributed by atoms with Crippen LogP contribution < -0.4 is 16.2 Å². The van der Waals surface area contributed by atoms with E-state index in [1.54, 1.807) is 48.5 Å². The zero-order valence-electron chi connectivity index (χ0n) is 31.2. The second-order valence-electron chi connectivity index (χ2n) is 14.7. The summed E-state index contributed by atoms with van der Waals surface area (Å²) in [7, 11) is 0. The standard InChI is InChI=1S/C48H33N3O4.Pt/c1-26-14-18-37-35(24-26)48(41-20-16-33-43(49-41)31-10-6-8-12-39(31)54-46(33)52,42-21-17-34-44(50-42)32-11-7-9-13-40(32)55-47(34)53)36-25-27(2)15-19-38(36)51(37)45-29(4)22-28(3)23-30(45)5;/h6-9,12-25H,1-5H3;/q-2;+2. The van der Waals surface area contributed by atoms with E-state index in [-0.39, 0.29) is 21.1 Å². The molecule has 0 aliphatic carbocycles. The first kappa shape index (κ1) is 35.5. The minimum atomic E-state index is -1.15. The van der Waals surface area contributed by atoms with Crippen LogP contribution in [0.1, 0.15) is 50.3 Å². The monoisotopic (exact) mass is 910 g/mol. The van der Waals surface area contributed by atoms with Gasteiger partial charge in [0.2, 0.25) is 0 Å². The van der Waals surface area contributed by atoms with Gasteiger partial charge in [-0.2, -0.15) is 0 Å². The van der Waals surface area contributed by atoms with Crippen molar-refractivity contribution in [3.63, 3.8) is 0 Å². The number of aromatic nitrogens is 2. The summed E-state index contributed by atoms with van der Waals surface area (Å²) in [5.41, 5.74) is 11.5. The summed E-state index contributed by atoms with van der Waals surface area (Å²) in [6.07, 6.45) is 0. The zero-order valence-corrected chi connectivity index (χ0v) is 33.5. The number of nitrogens with zero attached hydrogens (tertiary/aromatic N) is 3. The molecule has 4 aromatic heterocycles. The summed E-state index contributed by atoms with van der Waals surface area (Å²) in [5, 5.41) is 1.93. The van der Waals surface area contributed by atoms with Crippen LogP contribution in [-0.4, -0.2) is 9.97 Å². The molecule has 0 N–H and O–H groups in total. The van der Waals surface area contributed by atoms with E-state index in [1.165, 1.54) is 5.56 Å². The summed E-state index contributed by atoms with van der Waals surface area (Å²) < 4.78 is 11.4. The molecule has 9 aromatic rings. The predicted molar refractivity (Wildman–Crippen MR) is 217 cm³/mol. The Labute approximate surface area is 336 Å². The molecule has 5 aromatic carbocycles. The molecule has 1 aliphatic heterocycles. The Morgan fingerprint density at radius 1 is 0.571 bits per heavy atom. The quantitative estimate of drug-likeness (QED) is 0.0991. The molecule has 10 rings (SSSR count). The van der Waals surface area contributed by atoms with Crippen LogP contribution in [0.4, 0.5) is 17.1 Å². The molecule has 0 fully saturated rings. The molecule has 1 aliphatic rings. The van der Waals surface area contributed by atoms with Crippen molar-refractivity contribution in [2.45, 2.75) is 40.0 Å². The van der Waals surface area contributed by atoms with E-state index in [1.807, 2.05) is 12.1 Å². The fourth-order valence-electron chi connectivity index (χ4n) is 8.75. The van der Waals surface area contributed by atoms with Crippen LogP contribution in [0.5, 0.6) is 0 Å². The van der Waals surface area contributed by atoms with Crippen LogP contribution >= 0.6 is 0 Å². The summed E-state index contributed by atoms with van der Waals surface area (Å²) in [4.78, 5) is 40.1. The van der Waals surface area contributed by atoms with Crippen molar-refractivity contribution < 1.29 is 29.9 Å². The van der Waals surface area contributed by atoms with Crippen LogP contribution in [0, 0.1) is 46.8 Å². The van der Waals surface area contributed by atoms with Gasteiger partial charge in [0.25, 0.3) is 0 Å². The van der Waals surface area contributed by atoms with E-state index in [2.05, 4.69) is 100 Å². The second kappa shape index (κ2) is 13.0. The van der Waals surface area contributed by atoms with Crippen molar-refractivity contribution in [1.82, 2.24) is 9.97 Å². The Bertz CT molecular complexity index is 3030. The first-order valence-corrected chi connectivity index (χ1v) is 18.2. The van der Waals surface area contributed by atoms with Crippen molar-refractivity contribution in [2.75, 3.05) is 4.90 Å². The number of hydrogen-bond acceptors (Lipinski definition) is 7. The van der Waals surface area contributed by atoms with Crippen molar-refractivity contribution in [3.05, 3.63) is 192 Å². The van der Waals surface area contributed by atoms with E-state index in [0.29, 0.717) is 55.1 Å². The van der Waals surface area contributed by atoms with Crippen LogP contribution in [-0.2, 0) is 26.5 Å². The number of aryl methyl sites for hydroxylation is 5. The zero-order chi connectivity index (χ0) is 37.7. The van der Waals surface area contributed by atoms with E-state index in [9.17, 15) is 9.59 Å². The molecule has 0 radical (unpaired) electrons. The summed E-state index contributed by atoms with van der Waals surface area (Å²) >= 11 is 0. The van der Waals surface area contributed by atoms with Gasteiger partial charge >= 0.3 is 32.3 Å². The van der Waals surface area contributed by atoms with Crippen molar-refractivity contribution in [3.8, 4) is 0 Å². The van der Waals surface area contributed by atoms with Gasteiger partial charge in [-0.05, 0) is 81.1 Å². The smallest absolute Gasteiger partial charge is 0.472 e. The van der Waals surface area contributed by atoms with Gasteiger partial charge in [-0.1, -0.05) is 76.0 Å². The van der Waals surface area contributed by atoms with Gasteiger partial charge in [-0.15, -0.1) is 48.5 Å². The van der Waals surface area contributed by atoms with Crippen LogP contribution in [0.3, 0.4) is 0 Å². The predicted octanol–water partition coefficient (Wildman–Crippen LogP) is 10.3. The fraction of sp³-hybridized carbons (Fsp3) is 0.125. The van der Waals surface area contributed by atoms with Gasteiger partial charge in [0, 0.05) is 33.0 Å². The number of pyridine rings is 2. The topological polar surface area (TPSA) is 89.4 Å². The molecular weight excluding hydrogens is 878 g/mol. The molecule has 0 amide bonds. The molecule has 8 heteroatoms. The van der Waals surface area contributed by atoms with Gasteiger partial charge in [0.1, 0.15) is 5.41 Å². The number of anilines is 3. The minimum Gasteiger partial charge on any atom is -0.472 e. The van der Waals surface area contributed by atoms with E-state index in [4.69, 9.17) is 18.8 Å². The molecule has 56 heavy (non-hydrogen) atoms. The van der Waals surface area contributed by atoms with Gasteiger partial charge in [0.05, 0.1) is 28.5 Å².